The number of carbonyl (C=O) groups excluding carboxylic acids is 1. The Morgan fingerprint density at radius 1 is 1.44 bits per heavy atom. The van der Waals surface area contributed by atoms with Crippen LogP contribution in [-0.4, -0.2) is 5.91 Å². The molecule has 1 aromatic rings. The minimum Gasteiger partial charge on any atom is -0.324 e. The van der Waals surface area contributed by atoms with Gasteiger partial charge in [0, 0.05) is 5.41 Å². The van der Waals surface area contributed by atoms with Gasteiger partial charge in [-0.25, -0.2) is 0 Å². The van der Waals surface area contributed by atoms with Gasteiger partial charge in [0.05, 0.1) is 22.3 Å². The fourth-order valence-corrected chi connectivity index (χ4v) is 2.57. The number of hydrogen-bond acceptors (Lipinski definition) is 2. The van der Waals surface area contributed by atoms with Gasteiger partial charge in [0.15, 0.2) is 0 Å². The first-order valence-electron chi connectivity index (χ1n) is 6.06. The first-order valence-corrected chi connectivity index (χ1v) is 6.44. The molecule has 18 heavy (non-hydrogen) atoms. The quantitative estimate of drug-likeness (QED) is 0.883. The van der Waals surface area contributed by atoms with Crippen molar-refractivity contribution in [3.63, 3.8) is 0 Å². The second-order valence-electron chi connectivity index (χ2n) is 5.03. The van der Waals surface area contributed by atoms with Crippen LogP contribution in [0.5, 0.6) is 0 Å². The highest BCUT2D eigenvalue weighted by Crippen LogP contribution is 2.39. The highest BCUT2D eigenvalue weighted by atomic mass is 35.5. The Hall–Kier alpha value is -1.53. The van der Waals surface area contributed by atoms with Crippen LogP contribution < -0.4 is 5.32 Å². The molecule has 1 fully saturated rings. The van der Waals surface area contributed by atoms with Crippen molar-refractivity contribution in [1.82, 2.24) is 0 Å². The van der Waals surface area contributed by atoms with Crippen LogP contribution >= 0.6 is 11.6 Å². The summed E-state index contributed by atoms with van der Waals surface area (Å²) in [5.74, 6) is 0.0200. The first-order chi connectivity index (χ1) is 8.55. The van der Waals surface area contributed by atoms with Crippen LogP contribution in [0.1, 0.15) is 38.2 Å². The number of halogens is 1. The molecule has 4 heteroatoms. The number of benzene rings is 1. The van der Waals surface area contributed by atoms with E-state index in [4.69, 9.17) is 16.9 Å². The molecule has 0 saturated heterocycles. The predicted octanol–water partition coefficient (Wildman–Crippen LogP) is 3.73. The van der Waals surface area contributed by atoms with Crippen LogP contribution in [0, 0.1) is 16.7 Å². The molecular weight excluding hydrogens is 248 g/mol. The van der Waals surface area contributed by atoms with Gasteiger partial charge in [-0.3, -0.25) is 4.79 Å². The molecule has 1 aliphatic carbocycles. The Kier molecular flexibility index (Phi) is 3.58. The number of rotatable bonds is 2. The van der Waals surface area contributed by atoms with Crippen molar-refractivity contribution in [2.45, 2.75) is 32.6 Å². The van der Waals surface area contributed by atoms with Crippen LogP contribution in [0.15, 0.2) is 18.2 Å². The SMILES string of the molecule is CC1(C(=O)Nc2ccc(C#N)cc2Cl)CCCC1. The molecular formula is C14H15ClN2O. The van der Waals surface area contributed by atoms with E-state index in [0.717, 1.165) is 25.7 Å². The Labute approximate surface area is 112 Å². The minimum absolute atomic E-state index is 0.0200. The van der Waals surface area contributed by atoms with E-state index >= 15 is 0 Å². The molecule has 3 nitrogen and oxygen atoms in total. The number of nitrogens with one attached hydrogen (secondary N) is 1. The molecule has 1 saturated carbocycles. The van der Waals surface area contributed by atoms with Crippen LogP contribution in [0.25, 0.3) is 0 Å². The summed E-state index contributed by atoms with van der Waals surface area (Å²) in [5, 5.41) is 12.0. The standard InChI is InChI=1S/C14H15ClN2O/c1-14(6-2-3-7-14)13(18)17-12-5-4-10(9-16)8-11(12)15/h4-5,8H,2-3,6-7H2,1H3,(H,17,18). The summed E-state index contributed by atoms with van der Waals surface area (Å²) >= 11 is 6.04. The molecule has 0 atom stereocenters. The van der Waals surface area contributed by atoms with Crippen molar-refractivity contribution in [3.8, 4) is 6.07 Å². The maximum absolute atomic E-state index is 12.2. The smallest absolute Gasteiger partial charge is 0.230 e. The molecule has 0 unspecified atom stereocenters. The second-order valence-corrected chi connectivity index (χ2v) is 5.44. The Bertz CT molecular complexity index is 513. The zero-order valence-corrected chi connectivity index (χ0v) is 11.0. The van der Waals surface area contributed by atoms with Crippen molar-refractivity contribution in [2.24, 2.45) is 5.41 Å². The molecule has 94 valence electrons. The summed E-state index contributed by atoms with van der Waals surface area (Å²) in [6.45, 7) is 1.99. The number of anilines is 1. The van der Waals surface area contributed by atoms with E-state index in [9.17, 15) is 4.79 Å². The zero-order chi connectivity index (χ0) is 13.2. The van der Waals surface area contributed by atoms with Crippen LogP contribution in [-0.2, 0) is 4.79 Å². The maximum atomic E-state index is 12.2. The Balaban J connectivity index is 2.15. The van der Waals surface area contributed by atoms with E-state index in [-0.39, 0.29) is 11.3 Å². The van der Waals surface area contributed by atoms with E-state index in [1.54, 1.807) is 18.2 Å². The lowest BCUT2D eigenvalue weighted by Crippen LogP contribution is -2.30. The number of hydrogen-bond donors (Lipinski definition) is 1. The molecule has 0 aliphatic heterocycles. The highest BCUT2D eigenvalue weighted by Gasteiger charge is 2.36. The molecule has 0 bridgehead atoms. The van der Waals surface area contributed by atoms with Crippen LogP contribution in [0.2, 0.25) is 5.02 Å². The van der Waals surface area contributed by atoms with Crippen molar-refractivity contribution >= 4 is 23.2 Å². The minimum atomic E-state index is -0.281. The lowest BCUT2D eigenvalue weighted by atomic mass is 9.88. The normalized spacial score (nSPS) is 17.2. The van der Waals surface area contributed by atoms with Crippen LogP contribution in [0.4, 0.5) is 5.69 Å². The van der Waals surface area contributed by atoms with Crippen molar-refractivity contribution in [2.75, 3.05) is 5.32 Å². The second kappa shape index (κ2) is 4.99. The molecule has 1 amide bonds. The first kappa shape index (κ1) is 12.9. The third-order valence-corrected chi connectivity index (χ3v) is 3.91. The number of carbonyl (C=O) groups is 1. The van der Waals surface area contributed by atoms with Gasteiger partial charge in [-0.1, -0.05) is 31.4 Å². The maximum Gasteiger partial charge on any atom is 0.230 e. The third-order valence-electron chi connectivity index (χ3n) is 3.60. The van der Waals surface area contributed by atoms with Gasteiger partial charge in [-0.15, -0.1) is 0 Å². The fraction of sp³-hybridized carbons (Fsp3) is 0.429. The summed E-state index contributed by atoms with van der Waals surface area (Å²) in [5.41, 5.74) is 0.788. The van der Waals surface area contributed by atoms with Gasteiger partial charge in [0.25, 0.3) is 0 Å². The molecule has 1 aromatic carbocycles. The summed E-state index contributed by atoms with van der Waals surface area (Å²) in [6.07, 6.45) is 4.05. The van der Waals surface area contributed by atoms with Gasteiger partial charge in [0.2, 0.25) is 5.91 Å². The molecule has 1 aliphatic rings. The van der Waals surface area contributed by atoms with Crippen molar-refractivity contribution in [3.05, 3.63) is 28.8 Å². The lowest BCUT2D eigenvalue weighted by Gasteiger charge is -2.22. The Morgan fingerprint density at radius 2 is 2.11 bits per heavy atom. The number of nitrogens with zero attached hydrogens (tertiary/aromatic N) is 1. The van der Waals surface area contributed by atoms with Crippen molar-refractivity contribution < 1.29 is 4.79 Å². The molecule has 1 N–H and O–H groups in total. The van der Waals surface area contributed by atoms with Gasteiger partial charge < -0.3 is 5.32 Å². The number of nitriles is 1. The van der Waals surface area contributed by atoms with Gasteiger partial charge >= 0.3 is 0 Å². The van der Waals surface area contributed by atoms with Gasteiger partial charge in [-0.2, -0.15) is 5.26 Å². The van der Waals surface area contributed by atoms with E-state index < -0.39 is 0 Å². The fourth-order valence-electron chi connectivity index (χ4n) is 2.34. The monoisotopic (exact) mass is 262 g/mol. The van der Waals surface area contributed by atoms with Gasteiger partial charge in [-0.05, 0) is 31.0 Å². The highest BCUT2D eigenvalue weighted by molar-refractivity contribution is 6.33. The average Bonchev–Trinajstić information content (AvgIpc) is 2.80. The average molecular weight is 263 g/mol. The predicted molar refractivity (Wildman–Crippen MR) is 71.4 cm³/mol. The topological polar surface area (TPSA) is 52.9 Å². The molecule has 0 radical (unpaired) electrons. The molecule has 0 aromatic heterocycles. The molecule has 2 rings (SSSR count). The van der Waals surface area contributed by atoms with Crippen LogP contribution in [0.3, 0.4) is 0 Å². The zero-order valence-electron chi connectivity index (χ0n) is 10.3. The van der Waals surface area contributed by atoms with Crippen molar-refractivity contribution in [1.29, 1.82) is 5.26 Å². The lowest BCUT2D eigenvalue weighted by molar-refractivity contribution is -0.124. The number of amides is 1. The summed E-state index contributed by atoms with van der Waals surface area (Å²) < 4.78 is 0. The summed E-state index contributed by atoms with van der Waals surface area (Å²) in [4.78, 5) is 12.2. The van der Waals surface area contributed by atoms with E-state index in [1.807, 2.05) is 13.0 Å². The summed E-state index contributed by atoms with van der Waals surface area (Å²) in [7, 11) is 0. The molecule has 0 spiro atoms. The van der Waals surface area contributed by atoms with E-state index in [1.165, 1.54) is 0 Å². The van der Waals surface area contributed by atoms with E-state index in [2.05, 4.69) is 5.32 Å². The van der Waals surface area contributed by atoms with E-state index in [0.29, 0.717) is 16.3 Å². The summed E-state index contributed by atoms with van der Waals surface area (Å²) in [6, 6.07) is 6.91. The molecule has 0 heterocycles. The Morgan fingerprint density at radius 3 is 2.67 bits per heavy atom. The largest absolute Gasteiger partial charge is 0.324 e. The third kappa shape index (κ3) is 2.49. The van der Waals surface area contributed by atoms with Gasteiger partial charge in [0.1, 0.15) is 0 Å².